The maximum absolute atomic E-state index is 13.2. The van der Waals surface area contributed by atoms with E-state index in [1.165, 1.54) is 5.70 Å². The predicted octanol–water partition coefficient (Wildman–Crippen LogP) is 5.50. The van der Waals surface area contributed by atoms with Crippen LogP contribution >= 0.6 is 11.8 Å². The molecule has 0 saturated carbocycles. The highest BCUT2D eigenvalue weighted by atomic mass is 32.2. The Hall–Kier alpha value is -1.95. The average molecular weight is 418 g/mol. The monoisotopic (exact) mass is 417 g/mol. The van der Waals surface area contributed by atoms with E-state index in [0.29, 0.717) is 31.6 Å². The molecule has 0 aromatic carbocycles. The summed E-state index contributed by atoms with van der Waals surface area (Å²) in [5, 5.41) is 2.00. The number of ketones is 1. The summed E-state index contributed by atoms with van der Waals surface area (Å²) in [5.74, 6) is 1.44. The van der Waals surface area contributed by atoms with Crippen LogP contribution in [0.25, 0.3) is 0 Å². The Bertz CT molecular complexity index is 777. The van der Waals surface area contributed by atoms with E-state index in [1.54, 1.807) is 25.7 Å². The molecule has 2 heterocycles. The third-order valence-corrected chi connectivity index (χ3v) is 5.91. The van der Waals surface area contributed by atoms with E-state index in [4.69, 9.17) is 4.99 Å². The van der Waals surface area contributed by atoms with Crippen LogP contribution in [-0.4, -0.2) is 48.5 Å². The van der Waals surface area contributed by atoms with Crippen LogP contribution in [-0.2, 0) is 4.79 Å². The first kappa shape index (κ1) is 23.3. The number of halogens is 1. The molecule has 0 aliphatic carbocycles. The molecule has 1 fully saturated rings. The number of carbonyl (C=O) groups excluding carboxylic acids is 1. The lowest BCUT2D eigenvalue weighted by Crippen LogP contribution is -2.33. The van der Waals surface area contributed by atoms with E-state index in [2.05, 4.69) is 16.5 Å². The zero-order chi connectivity index (χ0) is 21.4. The summed E-state index contributed by atoms with van der Waals surface area (Å²) in [5.41, 5.74) is 3.07. The van der Waals surface area contributed by atoms with Gasteiger partial charge in [0.15, 0.2) is 0 Å². The van der Waals surface area contributed by atoms with E-state index >= 15 is 0 Å². The first-order valence-corrected chi connectivity index (χ1v) is 11.1. The summed E-state index contributed by atoms with van der Waals surface area (Å²) in [6, 6.07) is 0. The molecule has 1 saturated heterocycles. The number of hydrogen-bond acceptors (Lipinski definition) is 5. The fourth-order valence-electron chi connectivity index (χ4n) is 3.60. The van der Waals surface area contributed by atoms with Gasteiger partial charge in [0, 0.05) is 42.6 Å². The van der Waals surface area contributed by atoms with Gasteiger partial charge in [0.2, 0.25) is 0 Å². The average Bonchev–Trinajstić information content (AvgIpc) is 3.12. The number of carbonyl (C=O) groups is 1. The van der Waals surface area contributed by atoms with Gasteiger partial charge < -0.3 is 4.90 Å². The fraction of sp³-hybridized carbons (Fsp3) is 0.522. The molecule has 6 heteroatoms. The Kier molecular flexibility index (Phi) is 9.08. The highest BCUT2D eigenvalue weighted by Crippen LogP contribution is 2.37. The maximum Gasteiger partial charge on any atom is 0.141 e. The smallest absolute Gasteiger partial charge is 0.141 e. The molecule has 2 rings (SSSR count). The van der Waals surface area contributed by atoms with E-state index in [1.807, 2.05) is 37.5 Å². The first-order chi connectivity index (χ1) is 13.9. The molecule has 0 N–H and O–H groups in total. The van der Waals surface area contributed by atoms with Crippen LogP contribution in [0.4, 0.5) is 4.39 Å². The summed E-state index contributed by atoms with van der Waals surface area (Å²) in [6.45, 7) is 10.9. The minimum absolute atomic E-state index is 0.267. The van der Waals surface area contributed by atoms with E-state index < -0.39 is 6.17 Å². The van der Waals surface area contributed by atoms with Gasteiger partial charge in [0.25, 0.3) is 0 Å². The topological polar surface area (TPSA) is 45.0 Å². The van der Waals surface area contributed by atoms with Gasteiger partial charge in [-0.05, 0) is 44.1 Å². The Labute approximate surface area is 178 Å². The number of alkyl halides is 1. The highest BCUT2D eigenvalue weighted by Gasteiger charge is 2.36. The van der Waals surface area contributed by atoms with Crippen LogP contribution in [0, 0.1) is 5.92 Å². The van der Waals surface area contributed by atoms with E-state index in [0.717, 1.165) is 35.0 Å². The van der Waals surface area contributed by atoms with Crippen LogP contribution in [0.15, 0.2) is 56.4 Å². The molecule has 0 aromatic heterocycles. The van der Waals surface area contributed by atoms with Crippen LogP contribution < -0.4 is 0 Å². The van der Waals surface area contributed by atoms with Gasteiger partial charge in [-0.3, -0.25) is 14.8 Å². The van der Waals surface area contributed by atoms with Crippen molar-refractivity contribution >= 4 is 29.1 Å². The molecule has 158 valence electrons. The van der Waals surface area contributed by atoms with Gasteiger partial charge in [-0.2, -0.15) is 0 Å². The number of allylic oxidation sites excluding steroid dienone is 4. The van der Waals surface area contributed by atoms with Crippen molar-refractivity contribution < 1.29 is 9.18 Å². The molecular formula is C23H32FN3OS. The minimum Gasteiger partial charge on any atom is -0.329 e. The first-order valence-electron chi connectivity index (χ1n) is 10.2. The maximum atomic E-state index is 13.2. The van der Waals surface area contributed by atoms with Gasteiger partial charge >= 0.3 is 0 Å². The Morgan fingerprint density at radius 3 is 2.90 bits per heavy atom. The number of rotatable bonds is 10. The predicted molar refractivity (Wildman–Crippen MR) is 123 cm³/mol. The van der Waals surface area contributed by atoms with E-state index in [-0.39, 0.29) is 5.92 Å². The fourth-order valence-corrected chi connectivity index (χ4v) is 4.18. The van der Waals surface area contributed by atoms with Gasteiger partial charge in [-0.1, -0.05) is 37.4 Å². The minimum atomic E-state index is -0.877. The lowest BCUT2D eigenvalue weighted by atomic mass is 9.97. The summed E-state index contributed by atoms with van der Waals surface area (Å²) in [6.07, 6.45) is 7.17. The number of hydrogen-bond donors (Lipinski definition) is 0. The highest BCUT2D eigenvalue weighted by molar-refractivity contribution is 8.06. The third-order valence-electron chi connectivity index (χ3n) is 5.03. The van der Waals surface area contributed by atoms with Crippen LogP contribution in [0.5, 0.6) is 0 Å². The molecule has 0 spiro atoms. The number of thioether (sulfide) groups is 1. The second-order valence-electron chi connectivity index (χ2n) is 7.38. The second-order valence-corrected chi connectivity index (χ2v) is 8.38. The molecule has 2 aliphatic heterocycles. The number of nitrogens with zero attached hydrogens (tertiary/aromatic N) is 3. The standard InChI is InChI=1S/C23H32FN3OS/c1-6-11-29-17(4)23-26-14-20(21(25-5)10-8-9-16(3)24)22-13-18(15-27(22)23)12-19(28)7-2/h6,8,10-11,16,18H,4,7,9,12-15H2,1-3,5H3/b10-8-,11-6-,25-21+. The van der Waals surface area contributed by atoms with Crippen LogP contribution in [0.1, 0.15) is 46.5 Å². The zero-order valence-corrected chi connectivity index (χ0v) is 18.8. The van der Waals surface area contributed by atoms with Crippen LogP contribution in [0.2, 0.25) is 0 Å². The van der Waals surface area contributed by atoms with Crippen molar-refractivity contribution in [2.45, 2.75) is 52.6 Å². The zero-order valence-electron chi connectivity index (χ0n) is 17.9. The SMILES string of the molecule is C=C(S/C=C\C)C1=NCC(C(/C=C\CC(C)F)=N/C)=C2CC(CC(=O)CC)CN12. The molecule has 0 radical (unpaired) electrons. The number of aliphatic imine (C=N–C) groups is 2. The Morgan fingerprint density at radius 2 is 2.28 bits per heavy atom. The molecule has 0 bridgehead atoms. The molecule has 2 aliphatic rings. The Balaban J connectivity index is 2.33. The van der Waals surface area contributed by atoms with Crippen LogP contribution in [0.3, 0.4) is 0 Å². The Morgan fingerprint density at radius 1 is 1.52 bits per heavy atom. The van der Waals surface area contributed by atoms with Gasteiger partial charge in [0.05, 0.1) is 12.3 Å². The van der Waals surface area contributed by atoms with Crippen molar-refractivity contribution in [2.24, 2.45) is 15.9 Å². The van der Waals surface area contributed by atoms with Crippen molar-refractivity contribution in [1.82, 2.24) is 4.90 Å². The van der Waals surface area contributed by atoms with Crippen molar-refractivity contribution in [3.8, 4) is 0 Å². The summed E-state index contributed by atoms with van der Waals surface area (Å²) >= 11 is 1.56. The quantitative estimate of drug-likeness (QED) is 0.441. The molecule has 2 unspecified atom stereocenters. The summed E-state index contributed by atoms with van der Waals surface area (Å²) in [7, 11) is 1.75. The molecule has 4 nitrogen and oxygen atoms in total. The van der Waals surface area contributed by atoms with Gasteiger partial charge in [-0.25, -0.2) is 4.39 Å². The molecular weight excluding hydrogens is 385 g/mol. The van der Waals surface area contributed by atoms with Crippen molar-refractivity contribution in [1.29, 1.82) is 0 Å². The van der Waals surface area contributed by atoms with Gasteiger partial charge in [-0.15, -0.1) is 0 Å². The lowest BCUT2D eigenvalue weighted by Gasteiger charge is -2.29. The molecule has 0 aromatic rings. The number of Topliss-reactive ketones (excluding diaryl/α,β-unsaturated/α-hetero) is 1. The largest absolute Gasteiger partial charge is 0.329 e. The lowest BCUT2D eigenvalue weighted by molar-refractivity contribution is -0.119. The second kappa shape index (κ2) is 11.3. The third kappa shape index (κ3) is 6.26. The van der Waals surface area contributed by atoms with Crippen molar-refractivity contribution in [3.63, 3.8) is 0 Å². The number of amidine groups is 1. The number of fused-ring (bicyclic) bond motifs is 1. The summed E-state index contributed by atoms with van der Waals surface area (Å²) < 4.78 is 13.2. The van der Waals surface area contributed by atoms with E-state index in [9.17, 15) is 9.18 Å². The van der Waals surface area contributed by atoms with Crippen molar-refractivity contribution in [2.75, 3.05) is 20.1 Å². The normalized spacial score (nSPS) is 21.1. The van der Waals surface area contributed by atoms with Gasteiger partial charge in [0.1, 0.15) is 17.8 Å². The molecule has 29 heavy (non-hydrogen) atoms. The summed E-state index contributed by atoms with van der Waals surface area (Å²) in [4.78, 5) is 24.4. The van der Waals surface area contributed by atoms with Crippen molar-refractivity contribution in [3.05, 3.63) is 46.4 Å². The molecule has 2 atom stereocenters. The molecule has 0 amide bonds.